The fraction of sp³-hybridized carbons (Fsp3) is 0.0588. The van der Waals surface area contributed by atoms with E-state index < -0.39 is 17.3 Å². The maximum absolute atomic E-state index is 12.9. The van der Waals surface area contributed by atoms with Gasteiger partial charge < -0.3 is 0 Å². The van der Waals surface area contributed by atoms with Crippen molar-refractivity contribution in [1.29, 1.82) is 0 Å². The number of hydrogen-bond acceptors (Lipinski definition) is 2. The van der Waals surface area contributed by atoms with Gasteiger partial charge in [-0.05, 0) is 17.7 Å². The monoisotopic (exact) mass is 316 g/mol. The summed E-state index contributed by atoms with van der Waals surface area (Å²) in [6.07, 6.45) is -4.44. The highest BCUT2D eigenvalue weighted by atomic mass is 19.4. The van der Waals surface area contributed by atoms with Crippen LogP contribution in [0.25, 0.3) is 22.4 Å². The smallest absolute Gasteiger partial charge is 0.268 e. The first kappa shape index (κ1) is 15.0. The minimum Gasteiger partial charge on any atom is -0.268 e. The Kier molecular flexibility index (Phi) is 3.73. The lowest BCUT2D eigenvalue weighted by molar-refractivity contribution is -0.137. The lowest BCUT2D eigenvalue weighted by atomic mass is 9.99. The van der Waals surface area contributed by atoms with Gasteiger partial charge in [0.2, 0.25) is 0 Å². The molecule has 0 aliphatic carbocycles. The molecule has 0 radical (unpaired) electrons. The van der Waals surface area contributed by atoms with Crippen molar-refractivity contribution >= 4 is 0 Å². The zero-order chi connectivity index (χ0) is 16.4. The van der Waals surface area contributed by atoms with Crippen LogP contribution in [-0.2, 0) is 6.18 Å². The number of benzene rings is 2. The van der Waals surface area contributed by atoms with Crippen molar-refractivity contribution in [2.75, 3.05) is 0 Å². The number of rotatable bonds is 2. The second kappa shape index (κ2) is 5.72. The molecule has 116 valence electrons. The quantitative estimate of drug-likeness (QED) is 0.773. The summed E-state index contributed by atoms with van der Waals surface area (Å²) in [4.78, 5) is 11.6. The Hall–Kier alpha value is -2.89. The van der Waals surface area contributed by atoms with E-state index >= 15 is 0 Å². The fourth-order valence-electron chi connectivity index (χ4n) is 2.30. The molecule has 0 saturated carbocycles. The molecule has 3 rings (SSSR count). The van der Waals surface area contributed by atoms with E-state index in [9.17, 15) is 18.0 Å². The molecule has 2 aromatic carbocycles. The van der Waals surface area contributed by atoms with Gasteiger partial charge in [-0.25, -0.2) is 5.10 Å². The third kappa shape index (κ3) is 3.15. The molecule has 0 amide bonds. The SMILES string of the molecule is O=c1cc(-c2ccccc2)c(-c2cccc(C(F)(F)F)c2)n[nH]1. The molecule has 3 aromatic rings. The Bertz CT molecular complexity index is 886. The van der Waals surface area contributed by atoms with Crippen molar-refractivity contribution in [1.82, 2.24) is 10.2 Å². The molecule has 1 heterocycles. The Morgan fingerprint density at radius 1 is 0.870 bits per heavy atom. The summed E-state index contributed by atoms with van der Waals surface area (Å²) in [6.45, 7) is 0. The summed E-state index contributed by atoms with van der Waals surface area (Å²) in [5.41, 5.74) is 0.589. The highest BCUT2D eigenvalue weighted by Gasteiger charge is 2.30. The Labute approximate surface area is 129 Å². The van der Waals surface area contributed by atoms with Crippen LogP contribution in [0.4, 0.5) is 13.2 Å². The molecule has 23 heavy (non-hydrogen) atoms. The Morgan fingerprint density at radius 2 is 1.57 bits per heavy atom. The number of alkyl halides is 3. The maximum atomic E-state index is 12.9. The molecule has 0 aliphatic heterocycles. The van der Waals surface area contributed by atoms with E-state index in [0.717, 1.165) is 12.1 Å². The molecule has 0 aliphatic rings. The van der Waals surface area contributed by atoms with Crippen molar-refractivity contribution in [3.8, 4) is 22.4 Å². The van der Waals surface area contributed by atoms with Gasteiger partial charge in [0, 0.05) is 17.2 Å². The van der Waals surface area contributed by atoms with Crippen LogP contribution in [0.1, 0.15) is 5.56 Å². The molecular formula is C17H11F3N2O. The summed E-state index contributed by atoms with van der Waals surface area (Å²) in [7, 11) is 0. The summed E-state index contributed by atoms with van der Waals surface area (Å²) in [5, 5.41) is 6.22. The Morgan fingerprint density at radius 3 is 2.26 bits per heavy atom. The van der Waals surface area contributed by atoms with Gasteiger partial charge in [0.1, 0.15) is 0 Å². The predicted molar refractivity (Wildman–Crippen MR) is 80.7 cm³/mol. The lowest BCUT2D eigenvalue weighted by Gasteiger charge is -2.11. The van der Waals surface area contributed by atoms with Crippen LogP contribution < -0.4 is 5.56 Å². The number of H-pyrrole nitrogens is 1. The van der Waals surface area contributed by atoms with Crippen molar-refractivity contribution < 1.29 is 13.2 Å². The molecule has 0 saturated heterocycles. The number of hydrogen-bond donors (Lipinski definition) is 1. The summed E-state index contributed by atoms with van der Waals surface area (Å²) in [5.74, 6) is 0. The van der Waals surface area contributed by atoms with Gasteiger partial charge in [0.25, 0.3) is 5.56 Å². The molecule has 0 spiro atoms. The average Bonchev–Trinajstić information content (AvgIpc) is 2.55. The van der Waals surface area contributed by atoms with Gasteiger partial charge in [-0.2, -0.15) is 18.3 Å². The van der Waals surface area contributed by atoms with E-state index in [1.807, 2.05) is 6.07 Å². The molecule has 0 bridgehead atoms. The highest BCUT2D eigenvalue weighted by molar-refractivity contribution is 5.80. The van der Waals surface area contributed by atoms with Crippen molar-refractivity contribution in [2.45, 2.75) is 6.18 Å². The molecule has 0 unspecified atom stereocenters. The molecule has 0 atom stereocenters. The van der Waals surface area contributed by atoms with E-state index in [0.29, 0.717) is 16.8 Å². The van der Waals surface area contributed by atoms with Crippen LogP contribution in [-0.4, -0.2) is 10.2 Å². The average molecular weight is 316 g/mol. The van der Waals surface area contributed by atoms with Crippen LogP contribution in [0.3, 0.4) is 0 Å². The molecule has 0 fully saturated rings. The topological polar surface area (TPSA) is 45.8 Å². The van der Waals surface area contributed by atoms with Crippen molar-refractivity contribution in [3.63, 3.8) is 0 Å². The van der Waals surface area contributed by atoms with Gasteiger partial charge in [-0.15, -0.1) is 0 Å². The van der Waals surface area contributed by atoms with Crippen molar-refractivity contribution in [2.24, 2.45) is 0 Å². The molecular weight excluding hydrogens is 305 g/mol. The minimum atomic E-state index is -4.44. The van der Waals surface area contributed by atoms with Gasteiger partial charge in [0.15, 0.2) is 0 Å². The zero-order valence-electron chi connectivity index (χ0n) is 11.8. The first-order valence-electron chi connectivity index (χ1n) is 6.78. The number of aromatic amines is 1. The van der Waals surface area contributed by atoms with Crippen LogP contribution in [0, 0.1) is 0 Å². The Balaban J connectivity index is 2.20. The number of aromatic nitrogens is 2. The van der Waals surface area contributed by atoms with E-state index in [4.69, 9.17) is 0 Å². The first-order valence-corrected chi connectivity index (χ1v) is 6.78. The fourth-order valence-corrected chi connectivity index (χ4v) is 2.30. The number of halogens is 3. The van der Waals surface area contributed by atoms with Gasteiger partial charge >= 0.3 is 6.18 Å². The van der Waals surface area contributed by atoms with Crippen LogP contribution in [0.15, 0.2) is 65.5 Å². The zero-order valence-corrected chi connectivity index (χ0v) is 11.8. The van der Waals surface area contributed by atoms with Gasteiger partial charge in [-0.3, -0.25) is 4.79 Å². The molecule has 1 aromatic heterocycles. The number of nitrogens with zero attached hydrogens (tertiary/aromatic N) is 1. The van der Waals surface area contributed by atoms with Gasteiger partial charge in [-0.1, -0.05) is 42.5 Å². The number of nitrogens with one attached hydrogen (secondary N) is 1. The third-order valence-corrected chi connectivity index (χ3v) is 3.36. The third-order valence-electron chi connectivity index (χ3n) is 3.36. The first-order chi connectivity index (χ1) is 10.9. The van der Waals surface area contributed by atoms with E-state index in [1.165, 1.54) is 18.2 Å². The summed E-state index contributed by atoms with van der Waals surface area (Å²) in [6, 6.07) is 15.1. The van der Waals surface area contributed by atoms with Gasteiger partial charge in [0.05, 0.1) is 11.3 Å². The molecule has 6 heteroatoms. The minimum absolute atomic E-state index is 0.287. The van der Waals surface area contributed by atoms with Crippen LogP contribution >= 0.6 is 0 Å². The van der Waals surface area contributed by atoms with E-state index in [1.54, 1.807) is 24.3 Å². The molecule has 1 N–H and O–H groups in total. The summed E-state index contributed by atoms with van der Waals surface area (Å²) < 4.78 is 38.7. The molecule has 3 nitrogen and oxygen atoms in total. The second-order valence-electron chi connectivity index (χ2n) is 4.94. The van der Waals surface area contributed by atoms with E-state index in [-0.39, 0.29) is 5.56 Å². The van der Waals surface area contributed by atoms with Crippen molar-refractivity contribution in [3.05, 3.63) is 76.6 Å². The normalized spacial score (nSPS) is 11.4. The standard InChI is InChI=1S/C17H11F3N2O/c18-17(19,20)13-8-4-7-12(9-13)16-14(10-15(23)21-22-16)11-5-2-1-3-6-11/h1-10H,(H,21,23). The lowest BCUT2D eigenvalue weighted by Crippen LogP contribution is -2.09. The van der Waals surface area contributed by atoms with E-state index in [2.05, 4.69) is 10.2 Å². The highest BCUT2D eigenvalue weighted by Crippen LogP contribution is 2.34. The second-order valence-corrected chi connectivity index (χ2v) is 4.94. The summed E-state index contributed by atoms with van der Waals surface area (Å²) >= 11 is 0. The van der Waals surface area contributed by atoms with Crippen LogP contribution in [0.2, 0.25) is 0 Å². The predicted octanol–water partition coefficient (Wildman–Crippen LogP) is 4.12. The maximum Gasteiger partial charge on any atom is 0.416 e. The van der Waals surface area contributed by atoms with Crippen LogP contribution in [0.5, 0.6) is 0 Å². The largest absolute Gasteiger partial charge is 0.416 e.